The van der Waals surface area contributed by atoms with Crippen LogP contribution < -0.4 is 5.73 Å². The van der Waals surface area contributed by atoms with E-state index in [4.69, 9.17) is 5.73 Å². The maximum Gasteiger partial charge on any atom is 0.141 e. The van der Waals surface area contributed by atoms with E-state index in [0.717, 1.165) is 24.7 Å². The monoisotopic (exact) mass is 223 g/mol. The van der Waals surface area contributed by atoms with E-state index in [0.29, 0.717) is 0 Å². The molecule has 0 aromatic carbocycles. The van der Waals surface area contributed by atoms with Crippen LogP contribution in [-0.2, 0) is 0 Å². The molecule has 0 spiro atoms. The van der Waals surface area contributed by atoms with Crippen molar-refractivity contribution in [2.45, 2.75) is 31.3 Å². The van der Waals surface area contributed by atoms with Crippen LogP contribution in [0.4, 0.5) is 4.39 Å². The fourth-order valence-electron chi connectivity index (χ4n) is 1.80. The van der Waals surface area contributed by atoms with Crippen molar-refractivity contribution >= 4 is 0 Å². The first-order valence-electron chi connectivity index (χ1n) is 5.74. The van der Waals surface area contributed by atoms with Gasteiger partial charge < -0.3 is 10.6 Å². The van der Waals surface area contributed by atoms with Gasteiger partial charge in [-0.1, -0.05) is 0 Å². The lowest BCUT2D eigenvalue weighted by atomic mass is 10.1. The predicted molar refractivity (Wildman–Crippen MR) is 61.4 cm³/mol. The number of pyridine rings is 1. The Hall–Kier alpha value is -1.00. The molecule has 16 heavy (non-hydrogen) atoms. The van der Waals surface area contributed by atoms with E-state index in [1.54, 1.807) is 6.07 Å². The third kappa shape index (κ3) is 3.00. The Labute approximate surface area is 95.5 Å². The molecule has 1 fully saturated rings. The third-order valence-electron chi connectivity index (χ3n) is 3.09. The lowest BCUT2D eigenvalue weighted by molar-refractivity contribution is 0.308. The lowest BCUT2D eigenvalue weighted by Gasteiger charge is -2.18. The summed E-state index contributed by atoms with van der Waals surface area (Å²) in [5.74, 6) is -0.314. The highest BCUT2D eigenvalue weighted by Gasteiger charge is 2.26. The maximum atomic E-state index is 12.7. The maximum absolute atomic E-state index is 12.7. The highest BCUT2D eigenvalue weighted by Crippen LogP contribution is 2.26. The van der Waals surface area contributed by atoms with Crippen LogP contribution in [0.15, 0.2) is 18.3 Å². The molecule has 0 bridgehead atoms. The van der Waals surface area contributed by atoms with E-state index in [2.05, 4.69) is 16.9 Å². The van der Waals surface area contributed by atoms with Gasteiger partial charge in [-0.15, -0.1) is 0 Å². The van der Waals surface area contributed by atoms with E-state index in [-0.39, 0.29) is 11.9 Å². The van der Waals surface area contributed by atoms with E-state index in [1.165, 1.54) is 25.1 Å². The van der Waals surface area contributed by atoms with Crippen LogP contribution in [0, 0.1) is 5.82 Å². The van der Waals surface area contributed by atoms with Crippen LogP contribution in [0.25, 0.3) is 0 Å². The molecule has 1 atom stereocenters. The Morgan fingerprint density at radius 1 is 1.56 bits per heavy atom. The Balaban J connectivity index is 1.82. The number of hydrogen-bond donors (Lipinski definition) is 1. The van der Waals surface area contributed by atoms with Crippen molar-refractivity contribution in [2.75, 3.05) is 13.6 Å². The topological polar surface area (TPSA) is 42.1 Å². The van der Waals surface area contributed by atoms with Crippen LogP contribution in [0.3, 0.4) is 0 Å². The molecule has 1 aromatic heterocycles. The highest BCUT2D eigenvalue weighted by molar-refractivity contribution is 5.09. The highest BCUT2D eigenvalue weighted by atomic mass is 19.1. The summed E-state index contributed by atoms with van der Waals surface area (Å²) in [5, 5.41) is 0. The van der Waals surface area contributed by atoms with Gasteiger partial charge in [0.1, 0.15) is 5.82 Å². The average molecular weight is 223 g/mol. The molecular formula is C12H18FN3. The van der Waals surface area contributed by atoms with Gasteiger partial charge in [-0.05, 0) is 45.0 Å². The molecule has 2 N–H and O–H groups in total. The molecule has 1 unspecified atom stereocenters. The van der Waals surface area contributed by atoms with Crippen LogP contribution >= 0.6 is 0 Å². The number of nitrogens with two attached hydrogens (primary N) is 1. The molecule has 1 heterocycles. The molecule has 1 saturated carbocycles. The molecule has 88 valence electrons. The van der Waals surface area contributed by atoms with Crippen LogP contribution in [0.2, 0.25) is 0 Å². The van der Waals surface area contributed by atoms with Gasteiger partial charge in [-0.2, -0.15) is 0 Å². The summed E-state index contributed by atoms with van der Waals surface area (Å²) in [5.41, 5.74) is 6.77. The quantitative estimate of drug-likeness (QED) is 0.826. The van der Waals surface area contributed by atoms with Crippen LogP contribution in [-0.4, -0.2) is 29.5 Å². The van der Waals surface area contributed by atoms with Crippen molar-refractivity contribution in [3.05, 3.63) is 29.8 Å². The molecule has 2 rings (SSSR count). The van der Waals surface area contributed by atoms with Crippen molar-refractivity contribution < 1.29 is 4.39 Å². The number of aromatic nitrogens is 1. The first kappa shape index (κ1) is 11.5. The van der Waals surface area contributed by atoms with E-state index < -0.39 is 0 Å². The summed E-state index contributed by atoms with van der Waals surface area (Å²) in [7, 11) is 2.13. The Morgan fingerprint density at radius 2 is 2.31 bits per heavy atom. The van der Waals surface area contributed by atoms with E-state index in [9.17, 15) is 4.39 Å². The zero-order valence-electron chi connectivity index (χ0n) is 9.56. The standard InChI is InChI=1S/C12H18FN3/c1-16(10-3-4-10)7-6-11(14)12-5-2-9(13)8-15-12/h2,5,8,10-11H,3-4,6-7,14H2,1H3. The summed E-state index contributed by atoms with van der Waals surface area (Å²) >= 11 is 0. The van der Waals surface area contributed by atoms with Crippen molar-refractivity contribution in [3.63, 3.8) is 0 Å². The van der Waals surface area contributed by atoms with Gasteiger partial charge in [0.2, 0.25) is 0 Å². The summed E-state index contributed by atoms with van der Waals surface area (Å²) < 4.78 is 12.7. The fraction of sp³-hybridized carbons (Fsp3) is 0.583. The number of halogens is 1. The molecule has 3 nitrogen and oxygen atoms in total. The fourth-order valence-corrected chi connectivity index (χ4v) is 1.80. The van der Waals surface area contributed by atoms with Gasteiger partial charge in [0.25, 0.3) is 0 Å². The van der Waals surface area contributed by atoms with Gasteiger partial charge in [0, 0.05) is 12.1 Å². The second-order valence-corrected chi connectivity index (χ2v) is 4.51. The van der Waals surface area contributed by atoms with Gasteiger partial charge in [-0.25, -0.2) is 4.39 Å². The van der Waals surface area contributed by atoms with Crippen LogP contribution in [0.1, 0.15) is 31.0 Å². The minimum atomic E-state index is -0.314. The first-order chi connectivity index (χ1) is 7.66. The van der Waals surface area contributed by atoms with Gasteiger partial charge in [0.05, 0.1) is 11.9 Å². The predicted octanol–water partition coefficient (Wildman–Crippen LogP) is 1.70. The van der Waals surface area contributed by atoms with Crippen molar-refractivity contribution in [1.82, 2.24) is 9.88 Å². The first-order valence-corrected chi connectivity index (χ1v) is 5.74. The van der Waals surface area contributed by atoms with E-state index >= 15 is 0 Å². The summed E-state index contributed by atoms with van der Waals surface area (Å²) in [6, 6.07) is 3.74. The van der Waals surface area contributed by atoms with Crippen molar-refractivity contribution in [3.8, 4) is 0 Å². The zero-order valence-corrected chi connectivity index (χ0v) is 9.56. The molecule has 0 aliphatic heterocycles. The Morgan fingerprint density at radius 3 is 2.88 bits per heavy atom. The SMILES string of the molecule is CN(CCC(N)c1ccc(F)cn1)C1CC1. The van der Waals surface area contributed by atoms with Crippen LogP contribution in [0.5, 0.6) is 0 Å². The summed E-state index contributed by atoms with van der Waals surface area (Å²) in [6.07, 6.45) is 4.70. The zero-order chi connectivity index (χ0) is 11.5. The number of nitrogens with zero attached hydrogens (tertiary/aromatic N) is 2. The molecule has 1 aliphatic rings. The average Bonchev–Trinajstić information content (AvgIpc) is 3.10. The third-order valence-corrected chi connectivity index (χ3v) is 3.09. The molecule has 1 aliphatic carbocycles. The molecular weight excluding hydrogens is 205 g/mol. The second kappa shape index (κ2) is 4.89. The normalized spacial score (nSPS) is 17.8. The lowest BCUT2D eigenvalue weighted by Crippen LogP contribution is -2.25. The smallest absolute Gasteiger partial charge is 0.141 e. The van der Waals surface area contributed by atoms with Gasteiger partial charge >= 0.3 is 0 Å². The summed E-state index contributed by atoms with van der Waals surface area (Å²) in [4.78, 5) is 6.33. The van der Waals surface area contributed by atoms with Gasteiger partial charge in [0.15, 0.2) is 0 Å². The minimum Gasteiger partial charge on any atom is -0.323 e. The Kier molecular flexibility index (Phi) is 3.51. The van der Waals surface area contributed by atoms with Gasteiger partial charge in [-0.3, -0.25) is 4.98 Å². The molecule has 4 heteroatoms. The largest absolute Gasteiger partial charge is 0.323 e. The van der Waals surface area contributed by atoms with Crippen molar-refractivity contribution in [2.24, 2.45) is 5.73 Å². The number of hydrogen-bond acceptors (Lipinski definition) is 3. The molecule has 0 radical (unpaired) electrons. The molecule has 0 saturated heterocycles. The van der Waals surface area contributed by atoms with E-state index in [1.807, 2.05) is 0 Å². The summed E-state index contributed by atoms with van der Waals surface area (Å²) in [6.45, 7) is 0.977. The minimum absolute atomic E-state index is 0.0956. The number of rotatable bonds is 5. The Bertz CT molecular complexity index is 335. The molecule has 0 amide bonds. The second-order valence-electron chi connectivity index (χ2n) is 4.51. The molecule has 1 aromatic rings. The van der Waals surface area contributed by atoms with Crippen molar-refractivity contribution in [1.29, 1.82) is 0 Å².